The predicted octanol–water partition coefficient (Wildman–Crippen LogP) is 5.54. The van der Waals surface area contributed by atoms with E-state index in [4.69, 9.17) is 4.98 Å². The molecule has 32 heavy (non-hydrogen) atoms. The summed E-state index contributed by atoms with van der Waals surface area (Å²) >= 11 is 1.58. The Labute approximate surface area is 190 Å². The summed E-state index contributed by atoms with van der Waals surface area (Å²) < 4.78 is 2.96. The fourth-order valence-electron chi connectivity index (χ4n) is 4.06. The molecule has 5 rings (SSSR count). The lowest BCUT2D eigenvalue weighted by Crippen LogP contribution is -2.35. The second-order valence-corrected chi connectivity index (χ2v) is 9.11. The van der Waals surface area contributed by atoms with E-state index in [0.29, 0.717) is 19.5 Å². The van der Waals surface area contributed by atoms with Crippen molar-refractivity contribution in [3.05, 3.63) is 89.7 Å². The van der Waals surface area contributed by atoms with Gasteiger partial charge in [-0.15, -0.1) is 0 Å². The van der Waals surface area contributed by atoms with E-state index in [2.05, 4.69) is 55.3 Å². The molecule has 0 N–H and O–H groups in total. The van der Waals surface area contributed by atoms with Gasteiger partial charge in [0.1, 0.15) is 0 Å². The number of anilines is 1. The van der Waals surface area contributed by atoms with Gasteiger partial charge in [-0.2, -0.15) is 5.10 Å². The first kappa shape index (κ1) is 20.4. The molecule has 2 heterocycles. The van der Waals surface area contributed by atoms with Gasteiger partial charge in [-0.1, -0.05) is 59.9 Å². The molecule has 0 aliphatic rings. The van der Waals surface area contributed by atoms with Crippen LogP contribution in [0.2, 0.25) is 0 Å². The van der Waals surface area contributed by atoms with E-state index in [1.165, 1.54) is 10.9 Å². The van der Waals surface area contributed by atoms with E-state index < -0.39 is 0 Å². The molecule has 5 nitrogen and oxygen atoms in total. The quantitative estimate of drug-likeness (QED) is 0.348. The van der Waals surface area contributed by atoms with Gasteiger partial charge in [0.2, 0.25) is 5.91 Å². The van der Waals surface area contributed by atoms with Crippen LogP contribution in [-0.4, -0.2) is 27.2 Å². The maximum atomic E-state index is 13.5. The number of carbonyl (C=O) groups excluding carboxylic acids is 1. The Bertz CT molecular complexity index is 1400. The third kappa shape index (κ3) is 4.14. The highest BCUT2D eigenvalue weighted by Gasteiger charge is 2.21. The van der Waals surface area contributed by atoms with Crippen LogP contribution in [-0.2, 0) is 17.8 Å². The molecule has 2 aromatic heterocycles. The maximum Gasteiger partial charge on any atom is 0.233 e. The molecule has 0 radical (unpaired) electrons. The third-order valence-corrected chi connectivity index (χ3v) is 6.66. The molecule has 160 valence electrons. The summed E-state index contributed by atoms with van der Waals surface area (Å²) in [5.41, 5.74) is 4.32. The predicted molar refractivity (Wildman–Crippen MR) is 131 cm³/mol. The molecule has 5 aromatic rings. The molecule has 0 atom stereocenters. The van der Waals surface area contributed by atoms with Crippen molar-refractivity contribution in [1.82, 2.24) is 14.8 Å². The van der Waals surface area contributed by atoms with Crippen LogP contribution in [0.25, 0.3) is 21.0 Å². The Balaban J connectivity index is 1.46. The zero-order valence-electron chi connectivity index (χ0n) is 18.2. The van der Waals surface area contributed by atoms with Crippen LogP contribution in [0.4, 0.5) is 5.13 Å². The third-order valence-electron chi connectivity index (χ3n) is 5.63. The highest BCUT2D eigenvalue weighted by Crippen LogP contribution is 2.32. The molecule has 6 heteroatoms. The summed E-state index contributed by atoms with van der Waals surface area (Å²) in [6.45, 7) is 5.30. The highest BCUT2D eigenvalue weighted by atomic mass is 32.1. The standard InChI is InChI=1S/C26H24N4OS/c1-18-14-19(2)25-23(15-18)32-26(28-25)30(13-12-29-11-5-10-27-29)24(31)17-20-8-9-21-6-3-4-7-22(21)16-20/h3-11,14-16H,12-13,17H2,1-2H3. The van der Waals surface area contributed by atoms with Gasteiger partial charge < -0.3 is 0 Å². The van der Waals surface area contributed by atoms with Gasteiger partial charge in [0, 0.05) is 18.9 Å². The van der Waals surface area contributed by atoms with Gasteiger partial charge in [0.15, 0.2) is 5.13 Å². The van der Waals surface area contributed by atoms with Crippen molar-refractivity contribution in [3.8, 4) is 0 Å². The minimum atomic E-state index is 0.0425. The molecule has 0 aliphatic carbocycles. The van der Waals surface area contributed by atoms with Crippen LogP contribution < -0.4 is 4.90 Å². The number of aromatic nitrogens is 3. The largest absolute Gasteiger partial charge is 0.286 e. The zero-order chi connectivity index (χ0) is 22.1. The minimum Gasteiger partial charge on any atom is -0.286 e. The van der Waals surface area contributed by atoms with Gasteiger partial charge in [-0.3, -0.25) is 14.4 Å². The number of carbonyl (C=O) groups is 1. The van der Waals surface area contributed by atoms with Crippen LogP contribution in [0.5, 0.6) is 0 Å². The first-order valence-corrected chi connectivity index (χ1v) is 11.5. The first-order chi connectivity index (χ1) is 15.6. The highest BCUT2D eigenvalue weighted by molar-refractivity contribution is 7.22. The topological polar surface area (TPSA) is 51.0 Å². The van der Waals surface area contributed by atoms with Gasteiger partial charge in [0.05, 0.1) is 23.2 Å². The van der Waals surface area contributed by atoms with Crippen molar-refractivity contribution in [2.75, 3.05) is 11.4 Å². The molecule has 0 bridgehead atoms. The molecular formula is C26H24N4OS. The molecule has 3 aromatic carbocycles. The Morgan fingerprint density at radius 2 is 1.88 bits per heavy atom. The molecule has 0 spiro atoms. The number of nitrogens with zero attached hydrogens (tertiary/aromatic N) is 4. The summed E-state index contributed by atoms with van der Waals surface area (Å²) in [5, 5.41) is 7.35. The number of rotatable bonds is 6. The van der Waals surface area contributed by atoms with Gasteiger partial charge in [-0.25, -0.2) is 4.98 Å². The Kier molecular flexibility index (Phi) is 5.45. The lowest BCUT2D eigenvalue weighted by Gasteiger charge is -2.20. The number of amides is 1. The number of hydrogen-bond acceptors (Lipinski definition) is 4. The summed E-state index contributed by atoms with van der Waals surface area (Å²) in [4.78, 5) is 20.2. The van der Waals surface area contributed by atoms with Crippen molar-refractivity contribution in [3.63, 3.8) is 0 Å². The number of hydrogen-bond donors (Lipinski definition) is 0. The second-order valence-electron chi connectivity index (χ2n) is 8.10. The molecule has 0 saturated carbocycles. The Morgan fingerprint density at radius 1 is 1.03 bits per heavy atom. The molecule has 0 unspecified atom stereocenters. The Hall–Kier alpha value is -3.51. The normalized spacial score (nSPS) is 11.3. The van der Waals surface area contributed by atoms with E-state index >= 15 is 0 Å². The van der Waals surface area contributed by atoms with Gasteiger partial charge in [0.25, 0.3) is 0 Å². The van der Waals surface area contributed by atoms with Crippen LogP contribution in [0.1, 0.15) is 16.7 Å². The molecule has 1 amide bonds. The average molecular weight is 441 g/mol. The fraction of sp³-hybridized carbons (Fsp3) is 0.192. The van der Waals surface area contributed by atoms with Crippen LogP contribution in [0.15, 0.2) is 73.1 Å². The molecular weight excluding hydrogens is 416 g/mol. The van der Waals surface area contributed by atoms with Crippen molar-refractivity contribution in [2.45, 2.75) is 26.8 Å². The number of fused-ring (bicyclic) bond motifs is 2. The molecule has 0 aliphatic heterocycles. The number of benzene rings is 3. The SMILES string of the molecule is Cc1cc(C)c2nc(N(CCn3cccn3)C(=O)Cc3ccc4ccccc4c3)sc2c1. The second kappa shape index (κ2) is 8.55. The lowest BCUT2D eigenvalue weighted by atomic mass is 10.0. The van der Waals surface area contributed by atoms with Crippen LogP contribution >= 0.6 is 11.3 Å². The molecule has 0 saturated heterocycles. The van der Waals surface area contributed by atoms with E-state index in [-0.39, 0.29) is 5.91 Å². The fourth-order valence-corrected chi connectivity index (χ4v) is 5.24. The van der Waals surface area contributed by atoms with Gasteiger partial charge in [-0.05, 0) is 53.4 Å². The van der Waals surface area contributed by atoms with E-state index in [9.17, 15) is 4.79 Å². The molecule has 0 fully saturated rings. The van der Waals surface area contributed by atoms with Crippen molar-refractivity contribution < 1.29 is 4.79 Å². The van der Waals surface area contributed by atoms with Crippen LogP contribution in [0.3, 0.4) is 0 Å². The monoisotopic (exact) mass is 440 g/mol. The number of thiazole rings is 1. The zero-order valence-corrected chi connectivity index (χ0v) is 19.0. The maximum absolute atomic E-state index is 13.5. The van der Waals surface area contributed by atoms with E-state index in [1.807, 2.05) is 40.0 Å². The average Bonchev–Trinajstić information content (AvgIpc) is 3.44. The van der Waals surface area contributed by atoms with Crippen molar-refractivity contribution >= 4 is 43.4 Å². The van der Waals surface area contributed by atoms with Gasteiger partial charge >= 0.3 is 0 Å². The first-order valence-electron chi connectivity index (χ1n) is 10.7. The van der Waals surface area contributed by atoms with E-state index in [1.54, 1.807) is 17.5 Å². The van der Waals surface area contributed by atoms with Crippen molar-refractivity contribution in [2.24, 2.45) is 0 Å². The van der Waals surface area contributed by atoms with E-state index in [0.717, 1.165) is 31.9 Å². The Morgan fingerprint density at radius 3 is 2.69 bits per heavy atom. The summed E-state index contributed by atoms with van der Waals surface area (Å²) in [6.07, 6.45) is 4.00. The van der Waals surface area contributed by atoms with Crippen LogP contribution in [0, 0.1) is 13.8 Å². The van der Waals surface area contributed by atoms with Crippen molar-refractivity contribution in [1.29, 1.82) is 0 Å². The number of aryl methyl sites for hydroxylation is 2. The summed E-state index contributed by atoms with van der Waals surface area (Å²) in [6, 6.07) is 20.6. The summed E-state index contributed by atoms with van der Waals surface area (Å²) in [7, 11) is 0. The smallest absolute Gasteiger partial charge is 0.233 e. The lowest BCUT2D eigenvalue weighted by molar-refractivity contribution is -0.118. The summed E-state index contributed by atoms with van der Waals surface area (Å²) in [5.74, 6) is 0.0425. The minimum absolute atomic E-state index is 0.0425.